The maximum atomic E-state index is 13.6. The fourth-order valence-corrected chi connectivity index (χ4v) is 4.37. The molecule has 1 aliphatic carbocycles. The summed E-state index contributed by atoms with van der Waals surface area (Å²) in [5.41, 5.74) is 0.649. The second kappa shape index (κ2) is 9.11. The van der Waals surface area contributed by atoms with Gasteiger partial charge >= 0.3 is 6.18 Å². The fraction of sp³-hybridized carbons (Fsp3) is 0.400. The summed E-state index contributed by atoms with van der Waals surface area (Å²) in [7, 11) is 0. The molecule has 1 aromatic carbocycles. The van der Waals surface area contributed by atoms with Crippen LogP contribution in [0.1, 0.15) is 54.1 Å². The largest absolute Gasteiger partial charge is 0.417 e. The van der Waals surface area contributed by atoms with Crippen LogP contribution in [0.2, 0.25) is 0 Å². The molecule has 5 rings (SSSR count). The first kappa shape index (κ1) is 22.4. The lowest BCUT2D eigenvalue weighted by Gasteiger charge is -2.32. The molecule has 0 bridgehead atoms. The van der Waals surface area contributed by atoms with E-state index in [0.29, 0.717) is 16.9 Å². The Morgan fingerprint density at radius 2 is 1.85 bits per heavy atom. The quantitative estimate of drug-likeness (QED) is 0.463. The van der Waals surface area contributed by atoms with Crippen LogP contribution in [0.5, 0.6) is 0 Å². The molecular formula is C25H23F3N4O2. The Labute approximate surface area is 194 Å². The molecule has 3 heterocycles. The van der Waals surface area contributed by atoms with Gasteiger partial charge in [0, 0.05) is 36.3 Å². The molecule has 3 aromatic rings. The number of halogens is 3. The molecule has 0 unspecified atom stereocenters. The third-order valence-corrected chi connectivity index (χ3v) is 6.36. The molecule has 34 heavy (non-hydrogen) atoms. The van der Waals surface area contributed by atoms with Crippen molar-refractivity contribution in [3.05, 3.63) is 65.0 Å². The van der Waals surface area contributed by atoms with Crippen molar-refractivity contribution in [2.45, 2.75) is 50.5 Å². The number of hydrogen-bond acceptors (Lipinski definition) is 6. The summed E-state index contributed by atoms with van der Waals surface area (Å²) >= 11 is 0. The summed E-state index contributed by atoms with van der Waals surface area (Å²) in [6.07, 6.45) is 0.461. The molecule has 0 N–H and O–H groups in total. The highest BCUT2D eigenvalue weighted by Crippen LogP contribution is 2.46. The molecule has 6 nitrogen and oxygen atoms in total. The zero-order chi connectivity index (χ0) is 23.7. The van der Waals surface area contributed by atoms with Gasteiger partial charge in [-0.05, 0) is 43.9 Å². The van der Waals surface area contributed by atoms with Crippen LogP contribution < -0.4 is 4.90 Å². The van der Waals surface area contributed by atoms with Gasteiger partial charge in [0.2, 0.25) is 0 Å². The highest BCUT2D eigenvalue weighted by molar-refractivity contribution is 5.68. The van der Waals surface area contributed by atoms with E-state index in [1.54, 1.807) is 18.3 Å². The van der Waals surface area contributed by atoms with Crippen LogP contribution in [-0.2, 0) is 17.5 Å². The average molecular weight is 468 g/mol. The number of aromatic nitrogens is 2. The van der Waals surface area contributed by atoms with Gasteiger partial charge in [-0.15, -0.1) is 0 Å². The molecule has 176 valence electrons. The monoisotopic (exact) mass is 468 g/mol. The lowest BCUT2D eigenvalue weighted by Crippen LogP contribution is -2.37. The number of nitrogens with zero attached hydrogens (tertiary/aromatic N) is 4. The number of ether oxygens (including phenoxy) is 1. The summed E-state index contributed by atoms with van der Waals surface area (Å²) in [5.74, 6) is 1.66. The third-order valence-electron chi connectivity index (χ3n) is 6.36. The molecule has 0 atom stereocenters. The molecule has 1 aliphatic heterocycles. The predicted octanol–water partition coefficient (Wildman–Crippen LogP) is 5.69. The van der Waals surface area contributed by atoms with Crippen LogP contribution in [-0.4, -0.2) is 29.3 Å². The van der Waals surface area contributed by atoms with Crippen LogP contribution >= 0.6 is 0 Å². The van der Waals surface area contributed by atoms with Gasteiger partial charge in [-0.3, -0.25) is 0 Å². The van der Waals surface area contributed by atoms with Crippen molar-refractivity contribution in [1.29, 1.82) is 5.26 Å². The van der Waals surface area contributed by atoms with Gasteiger partial charge in [0.15, 0.2) is 0 Å². The van der Waals surface area contributed by atoms with Crippen molar-refractivity contribution in [2.24, 2.45) is 0 Å². The first-order valence-corrected chi connectivity index (χ1v) is 11.3. The summed E-state index contributed by atoms with van der Waals surface area (Å²) in [6, 6.07) is 11.1. The minimum atomic E-state index is -4.49. The van der Waals surface area contributed by atoms with Crippen molar-refractivity contribution < 1.29 is 22.4 Å². The number of rotatable bonds is 6. The van der Waals surface area contributed by atoms with Crippen LogP contribution in [0.15, 0.2) is 47.1 Å². The zero-order valence-corrected chi connectivity index (χ0v) is 18.4. The van der Waals surface area contributed by atoms with Gasteiger partial charge in [0.25, 0.3) is 0 Å². The molecule has 0 amide bonds. The Bertz CT molecular complexity index is 1190. The smallest absolute Gasteiger partial charge is 0.373 e. The Morgan fingerprint density at radius 3 is 2.50 bits per heavy atom. The molecule has 0 spiro atoms. The number of piperidine rings is 1. The first-order valence-electron chi connectivity index (χ1n) is 11.3. The minimum Gasteiger partial charge on any atom is -0.373 e. The van der Waals surface area contributed by atoms with Gasteiger partial charge < -0.3 is 14.2 Å². The number of anilines is 1. The Hall–Kier alpha value is -3.38. The molecule has 2 aromatic heterocycles. The van der Waals surface area contributed by atoms with E-state index in [1.165, 1.54) is 12.1 Å². The Morgan fingerprint density at radius 1 is 1.09 bits per heavy atom. The van der Waals surface area contributed by atoms with E-state index in [-0.39, 0.29) is 29.9 Å². The molecule has 2 fully saturated rings. The van der Waals surface area contributed by atoms with Crippen molar-refractivity contribution >= 4 is 5.82 Å². The molecule has 1 saturated heterocycles. The van der Waals surface area contributed by atoms with E-state index in [2.05, 4.69) is 21.1 Å². The van der Waals surface area contributed by atoms with Crippen molar-refractivity contribution in [3.63, 3.8) is 0 Å². The number of nitriles is 1. The van der Waals surface area contributed by atoms with E-state index in [1.807, 2.05) is 6.07 Å². The van der Waals surface area contributed by atoms with E-state index in [0.717, 1.165) is 50.7 Å². The van der Waals surface area contributed by atoms with Gasteiger partial charge in [-0.2, -0.15) is 18.4 Å². The van der Waals surface area contributed by atoms with Gasteiger partial charge in [0.05, 0.1) is 23.8 Å². The van der Waals surface area contributed by atoms with Crippen molar-refractivity contribution in [1.82, 2.24) is 10.1 Å². The number of benzene rings is 1. The second-order valence-corrected chi connectivity index (χ2v) is 8.71. The summed E-state index contributed by atoms with van der Waals surface area (Å²) in [6.45, 7) is 1.65. The van der Waals surface area contributed by atoms with Crippen molar-refractivity contribution in [2.75, 3.05) is 18.0 Å². The topological polar surface area (TPSA) is 75.2 Å². The molecular weight excluding hydrogens is 445 g/mol. The average Bonchev–Trinajstić information content (AvgIpc) is 3.61. The highest BCUT2D eigenvalue weighted by atomic mass is 19.4. The normalized spacial score (nSPS) is 17.1. The Balaban J connectivity index is 1.29. The fourth-order valence-electron chi connectivity index (χ4n) is 4.37. The molecule has 0 radical (unpaired) electrons. The maximum absolute atomic E-state index is 13.6. The van der Waals surface area contributed by atoms with Crippen molar-refractivity contribution in [3.8, 4) is 17.3 Å². The van der Waals surface area contributed by atoms with Gasteiger partial charge in [-0.25, -0.2) is 4.98 Å². The minimum absolute atomic E-state index is 0.0194. The maximum Gasteiger partial charge on any atom is 0.417 e. The second-order valence-electron chi connectivity index (χ2n) is 8.71. The van der Waals surface area contributed by atoms with E-state index < -0.39 is 11.7 Å². The number of hydrogen-bond donors (Lipinski definition) is 0. The molecule has 1 saturated carbocycles. The number of pyridine rings is 1. The lowest BCUT2D eigenvalue weighted by atomic mass is 9.99. The SMILES string of the molecule is N#Cc1ccc(N2CCC(OCc3c(-c4ccccc4C(F)(F)F)noc3C3CC3)CC2)nc1. The van der Waals surface area contributed by atoms with Crippen LogP contribution in [0.3, 0.4) is 0 Å². The first-order chi connectivity index (χ1) is 16.4. The lowest BCUT2D eigenvalue weighted by molar-refractivity contribution is -0.137. The van der Waals surface area contributed by atoms with Crippen LogP contribution in [0, 0.1) is 11.3 Å². The number of alkyl halides is 3. The zero-order valence-electron chi connectivity index (χ0n) is 18.4. The van der Waals surface area contributed by atoms with E-state index in [9.17, 15) is 13.2 Å². The summed E-state index contributed by atoms with van der Waals surface area (Å²) in [4.78, 5) is 6.49. The van der Waals surface area contributed by atoms with Crippen LogP contribution in [0.4, 0.5) is 19.0 Å². The van der Waals surface area contributed by atoms with Crippen LogP contribution in [0.25, 0.3) is 11.3 Å². The molecule has 9 heteroatoms. The van der Waals surface area contributed by atoms with E-state index in [4.69, 9.17) is 14.5 Å². The van der Waals surface area contributed by atoms with E-state index >= 15 is 0 Å². The molecule has 2 aliphatic rings. The van der Waals surface area contributed by atoms with Gasteiger partial charge in [0.1, 0.15) is 23.3 Å². The predicted molar refractivity (Wildman–Crippen MR) is 118 cm³/mol. The highest BCUT2D eigenvalue weighted by Gasteiger charge is 2.37. The summed E-state index contributed by atoms with van der Waals surface area (Å²) in [5, 5.41) is 13.0. The Kier molecular flexibility index (Phi) is 6.00. The third kappa shape index (κ3) is 4.64. The van der Waals surface area contributed by atoms with Gasteiger partial charge in [-0.1, -0.05) is 23.4 Å². The summed E-state index contributed by atoms with van der Waals surface area (Å²) < 4.78 is 52.6. The standard InChI is InChI=1S/C25H23F3N4O2/c26-25(27,28)21-4-2-1-3-19(21)23-20(24(34-31-23)17-6-7-17)15-33-18-9-11-32(12-10-18)22-8-5-16(13-29)14-30-22/h1-5,8,14,17-18H,6-7,9-12,15H2.